The fraction of sp³-hybridized carbons (Fsp3) is 0.240. The van der Waals surface area contributed by atoms with Gasteiger partial charge in [-0.15, -0.1) is 0 Å². The zero-order valence-corrected chi connectivity index (χ0v) is 22.9. The average molecular weight is 660 g/mol. The largest absolute Gasteiger partial charge is 0.474 e. The number of nitrogens with one attached hydrogen (secondary N) is 1. The number of aromatic nitrogens is 3. The van der Waals surface area contributed by atoms with E-state index < -0.39 is 59.4 Å². The van der Waals surface area contributed by atoms with E-state index in [1.807, 2.05) is 0 Å². The Bertz CT molecular complexity index is 1590. The maximum Gasteiger partial charge on any atom is 0.416 e. The van der Waals surface area contributed by atoms with Crippen LogP contribution in [0.4, 0.5) is 26.7 Å². The summed E-state index contributed by atoms with van der Waals surface area (Å²) in [5, 5.41) is 6.05. The number of nitrogens with two attached hydrogens (primary N) is 1. The van der Waals surface area contributed by atoms with Gasteiger partial charge in [-0.2, -0.15) is 18.2 Å². The maximum absolute atomic E-state index is 14.9. The third-order valence-electron chi connectivity index (χ3n) is 5.48. The number of halogens is 6. The van der Waals surface area contributed by atoms with Crippen LogP contribution in [0.25, 0.3) is 11.3 Å². The highest BCUT2D eigenvalue weighted by atomic mass is 79.9. The van der Waals surface area contributed by atoms with Gasteiger partial charge in [-0.3, -0.25) is 4.79 Å². The number of alkyl carbamates (subject to hydrolysis) is 1. The summed E-state index contributed by atoms with van der Waals surface area (Å²) in [5.41, 5.74) is 3.36. The van der Waals surface area contributed by atoms with Gasteiger partial charge in [0.1, 0.15) is 23.7 Å². The van der Waals surface area contributed by atoms with E-state index in [1.54, 1.807) is 6.92 Å². The molecule has 1 unspecified atom stereocenters. The van der Waals surface area contributed by atoms with Crippen molar-refractivity contribution >= 4 is 27.9 Å². The van der Waals surface area contributed by atoms with E-state index in [0.29, 0.717) is 5.82 Å². The predicted molar refractivity (Wildman–Crippen MR) is 135 cm³/mol. The molecular weight excluding hydrogens is 641 g/mol. The number of alkyl halides is 3. The fourth-order valence-electron chi connectivity index (χ4n) is 3.52. The minimum Gasteiger partial charge on any atom is -0.474 e. The molecule has 17 heteroatoms. The van der Waals surface area contributed by atoms with Gasteiger partial charge in [0.05, 0.1) is 5.56 Å². The van der Waals surface area contributed by atoms with Gasteiger partial charge in [0.25, 0.3) is 5.91 Å². The average Bonchev–Trinajstić information content (AvgIpc) is 3.52. The molecule has 0 saturated heterocycles. The van der Waals surface area contributed by atoms with Crippen LogP contribution >= 0.6 is 15.9 Å². The van der Waals surface area contributed by atoms with Crippen molar-refractivity contribution in [1.29, 1.82) is 0 Å². The number of hydrogen-bond donors (Lipinski definition) is 2. The lowest BCUT2D eigenvalue weighted by Crippen LogP contribution is -2.29. The molecule has 222 valence electrons. The Hall–Kier alpha value is -4.54. The van der Waals surface area contributed by atoms with Gasteiger partial charge in [0.15, 0.2) is 22.1 Å². The lowest BCUT2D eigenvalue weighted by molar-refractivity contribution is -0.137. The predicted octanol–water partition coefficient (Wildman–Crippen LogP) is 5.28. The van der Waals surface area contributed by atoms with Crippen molar-refractivity contribution in [2.24, 2.45) is 5.73 Å². The number of carbonyl (C=O) groups excluding carboxylic acids is 2. The van der Waals surface area contributed by atoms with E-state index in [1.165, 1.54) is 0 Å². The summed E-state index contributed by atoms with van der Waals surface area (Å²) in [6.07, 6.45) is -6.80. The fourth-order valence-corrected chi connectivity index (χ4v) is 4.01. The summed E-state index contributed by atoms with van der Waals surface area (Å²) in [7, 11) is 0. The molecule has 2 heterocycles. The van der Waals surface area contributed by atoms with E-state index in [-0.39, 0.29) is 40.7 Å². The Morgan fingerprint density at radius 2 is 1.83 bits per heavy atom. The number of aryl methyl sites for hydroxylation is 1. The molecule has 0 saturated carbocycles. The summed E-state index contributed by atoms with van der Waals surface area (Å²) < 4.78 is 89.0. The van der Waals surface area contributed by atoms with Gasteiger partial charge in [0, 0.05) is 18.5 Å². The summed E-state index contributed by atoms with van der Waals surface area (Å²) in [6.45, 7) is 1.02. The zero-order chi connectivity index (χ0) is 30.6. The van der Waals surface area contributed by atoms with Crippen LogP contribution in [-0.4, -0.2) is 40.3 Å². The molecule has 0 spiro atoms. The Balaban J connectivity index is 1.56. The van der Waals surface area contributed by atoms with Crippen molar-refractivity contribution in [3.05, 3.63) is 81.4 Å². The molecule has 2 amide bonds. The number of benzene rings is 2. The second-order valence-corrected chi connectivity index (χ2v) is 9.19. The van der Waals surface area contributed by atoms with Crippen LogP contribution in [-0.2, 0) is 17.3 Å². The molecule has 4 aromatic rings. The minimum atomic E-state index is -4.56. The molecule has 4 rings (SSSR count). The first-order chi connectivity index (χ1) is 19.8. The van der Waals surface area contributed by atoms with Crippen LogP contribution in [0.2, 0.25) is 0 Å². The minimum absolute atomic E-state index is 0.0393. The van der Waals surface area contributed by atoms with Crippen LogP contribution in [0.1, 0.15) is 39.6 Å². The molecule has 2 aromatic heterocycles. The maximum atomic E-state index is 14.9. The lowest BCUT2D eigenvalue weighted by atomic mass is 10.1. The molecule has 0 aliphatic heterocycles. The van der Waals surface area contributed by atoms with Crippen molar-refractivity contribution < 1.29 is 50.0 Å². The van der Waals surface area contributed by atoms with Crippen LogP contribution in [0.15, 0.2) is 50.0 Å². The first kappa shape index (κ1) is 30.4. The topological polar surface area (TPSA) is 156 Å². The number of rotatable bonds is 10. The Morgan fingerprint density at radius 3 is 2.45 bits per heavy atom. The lowest BCUT2D eigenvalue weighted by Gasteiger charge is -2.17. The molecular formula is C25H19BrF5N5O6. The van der Waals surface area contributed by atoms with E-state index in [9.17, 15) is 31.5 Å². The van der Waals surface area contributed by atoms with E-state index >= 15 is 0 Å². The van der Waals surface area contributed by atoms with E-state index in [2.05, 4.69) is 36.4 Å². The Labute approximate surface area is 241 Å². The van der Waals surface area contributed by atoms with Gasteiger partial charge in [0.2, 0.25) is 17.9 Å². The van der Waals surface area contributed by atoms with E-state index in [4.69, 9.17) is 24.1 Å². The second kappa shape index (κ2) is 12.5. The first-order valence-corrected chi connectivity index (χ1v) is 12.6. The number of ether oxygens (including phenoxy) is 2. The van der Waals surface area contributed by atoms with Crippen molar-refractivity contribution in [2.45, 2.75) is 25.6 Å². The number of amides is 2. The molecule has 0 aliphatic carbocycles. The highest BCUT2D eigenvalue weighted by molar-refractivity contribution is 9.10. The molecule has 1 atom stereocenters. The third-order valence-corrected chi connectivity index (χ3v) is 6.02. The molecule has 0 bridgehead atoms. The SMILES string of the molecule is Cc1noc(CCNC(=O)OCC(Oc2ccc(F)c(C(N)=O)c2F)c2nc(-c3ccc(C(F)(F)F)cc3)c(Br)o2)n1. The summed E-state index contributed by atoms with van der Waals surface area (Å²) in [5.74, 6) is -4.35. The third kappa shape index (κ3) is 7.20. The Morgan fingerprint density at radius 1 is 1.12 bits per heavy atom. The quantitative estimate of drug-likeness (QED) is 0.216. The number of primary amides is 1. The standard InChI is InChI=1S/C25H19BrF5N5O6/c1-11-34-17(42-36-11)8-9-33-24(38)39-10-16(40-15-7-6-14(27)18(19(15)28)22(32)37)23-35-20(21(26)41-23)12-2-4-13(5-3-12)25(29,30)31/h2-7,16H,8-10H2,1H3,(H2,32,37)(H,33,38). The molecule has 0 radical (unpaired) electrons. The van der Waals surface area contributed by atoms with Crippen molar-refractivity contribution in [3.8, 4) is 17.0 Å². The van der Waals surface area contributed by atoms with Crippen LogP contribution < -0.4 is 15.8 Å². The van der Waals surface area contributed by atoms with Crippen molar-refractivity contribution in [3.63, 3.8) is 0 Å². The number of carbonyl (C=O) groups is 2. The highest BCUT2D eigenvalue weighted by Gasteiger charge is 2.31. The van der Waals surface area contributed by atoms with Crippen LogP contribution in [0.3, 0.4) is 0 Å². The Kier molecular flexibility index (Phi) is 9.08. The van der Waals surface area contributed by atoms with Gasteiger partial charge in [-0.05, 0) is 47.1 Å². The molecule has 0 fully saturated rings. The summed E-state index contributed by atoms with van der Waals surface area (Å²) in [6, 6.07) is 5.59. The smallest absolute Gasteiger partial charge is 0.416 e. The number of oxazole rings is 1. The highest BCUT2D eigenvalue weighted by Crippen LogP contribution is 2.36. The summed E-state index contributed by atoms with van der Waals surface area (Å²) in [4.78, 5) is 32.0. The molecule has 11 nitrogen and oxygen atoms in total. The van der Waals surface area contributed by atoms with Crippen LogP contribution in [0.5, 0.6) is 5.75 Å². The molecule has 0 aliphatic rings. The van der Waals surface area contributed by atoms with Crippen LogP contribution in [0, 0.1) is 18.6 Å². The zero-order valence-electron chi connectivity index (χ0n) is 21.3. The number of nitrogens with zero attached hydrogens (tertiary/aromatic N) is 3. The van der Waals surface area contributed by atoms with Crippen molar-refractivity contribution in [1.82, 2.24) is 20.4 Å². The number of hydrogen-bond acceptors (Lipinski definition) is 9. The normalized spacial score (nSPS) is 12.2. The van der Waals surface area contributed by atoms with Crippen molar-refractivity contribution in [2.75, 3.05) is 13.2 Å². The van der Waals surface area contributed by atoms with Gasteiger partial charge in [-0.25, -0.2) is 18.6 Å². The first-order valence-electron chi connectivity index (χ1n) is 11.8. The van der Waals surface area contributed by atoms with Gasteiger partial charge >= 0.3 is 12.3 Å². The monoisotopic (exact) mass is 659 g/mol. The molecule has 3 N–H and O–H groups in total. The molecule has 42 heavy (non-hydrogen) atoms. The molecule has 2 aromatic carbocycles. The van der Waals surface area contributed by atoms with E-state index in [0.717, 1.165) is 36.4 Å². The van der Waals surface area contributed by atoms with Gasteiger partial charge < -0.3 is 29.5 Å². The second-order valence-electron chi connectivity index (χ2n) is 8.47. The van der Waals surface area contributed by atoms with Gasteiger partial charge in [-0.1, -0.05) is 17.3 Å². The summed E-state index contributed by atoms with van der Waals surface area (Å²) >= 11 is 3.13.